The maximum absolute atomic E-state index is 11.2. The third-order valence-electron chi connectivity index (χ3n) is 5.03. The molecule has 1 amide bonds. The fourth-order valence-electron chi connectivity index (χ4n) is 3.40. The van der Waals surface area contributed by atoms with Crippen molar-refractivity contribution in [1.82, 2.24) is 0 Å². The molecule has 1 aromatic rings. The number of carbonyl (C=O) groups excluding carboxylic acids is 1. The summed E-state index contributed by atoms with van der Waals surface area (Å²) in [6.07, 6.45) is 18.6. The molecule has 4 heteroatoms. The molecule has 1 aromatic carbocycles. The number of carbonyl (C=O) groups is 1. The quantitative estimate of drug-likeness (QED) is 0.218. The van der Waals surface area contributed by atoms with Gasteiger partial charge in [-0.3, -0.25) is 4.79 Å². The van der Waals surface area contributed by atoms with Crippen molar-refractivity contribution < 1.29 is 14.6 Å². The normalized spacial score (nSPS) is 10.8. The number of benzene rings is 1. The van der Waals surface area contributed by atoms with Crippen molar-refractivity contribution in [3.63, 3.8) is 0 Å². The van der Waals surface area contributed by atoms with Crippen molar-refractivity contribution in [2.24, 2.45) is 0 Å². The predicted octanol–water partition coefficient (Wildman–Crippen LogP) is 7.21. The van der Waals surface area contributed by atoms with Gasteiger partial charge in [-0.25, -0.2) is 0 Å². The van der Waals surface area contributed by atoms with Gasteiger partial charge in [0.2, 0.25) is 5.91 Å². The van der Waals surface area contributed by atoms with Crippen LogP contribution in [0.2, 0.25) is 0 Å². The Labute approximate surface area is 172 Å². The van der Waals surface area contributed by atoms with Crippen LogP contribution < -0.4 is 10.1 Å². The van der Waals surface area contributed by atoms with Gasteiger partial charge in [-0.15, -0.1) is 0 Å². The van der Waals surface area contributed by atoms with Gasteiger partial charge >= 0.3 is 0 Å². The van der Waals surface area contributed by atoms with Gasteiger partial charge in [0.15, 0.2) is 0 Å². The number of amides is 1. The molecule has 0 aromatic heterocycles. The summed E-state index contributed by atoms with van der Waals surface area (Å²) in [5.41, 5.74) is 0.607. The molecule has 2 N–H and O–H groups in total. The van der Waals surface area contributed by atoms with Crippen LogP contribution in [0.15, 0.2) is 18.2 Å². The number of phenols is 1. The van der Waals surface area contributed by atoms with E-state index in [1.807, 2.05) is 0 Å². The highest BCUT2D eigenvalue weighted by Crippen LogP contribution is 2.29. The van der Waals surface area contributed by atoms with Crippen LogP contribution in [-0.4, -0.2) is 17.6 Å². The third kappa shape index (κ3) is 12.6. The summed E-state index contributed by atoms with van der Waals surface area (Å²) in [5.74, 6) is 0.530. The minimum absolute atomic E-state index is 0.144. The zero-order valence-corrected chi connectivity index (χ0v) is 18.1. The Hall–Kier alpha value is -1.71. The first-order valence-electron chi connectivity index (χ1n) is 11.4. The Morgan fingerprint density at radius 1 is 0.857 bits per heavy atom. The lowest BCUT2D eigenvalue weighted by Gasteiger charge is -2.12. The lowest BCUT2D eigenvalue weighted by Crippen LogP contribution is -2.08. The van der Waals surface area contributed by atoms with Crippen LogP contribution in [-0.2, 0) is 4.79 Å². The number of phenolic OH excluding ortho intramolecular Hbond substituents is 1. The van der Waals surface area contributed by atoms with Gasteiger partial charge in [-0.2, -0.15) is 0 Å². The second-order valence-electron chi connectivity index (χ2n) is 7.81. The molecule has 0 unspecified atom stereocenters. The van der Waals surface area contributed by atoms with Gasteiger partial charge in [0, 0.05) is 13.0 Å². The summed E-state index contributed by atoms with van der Waals surface area (Å²) in [4.78, 5) is 11.2. The molecule has 0 heterocycles. The minimum atomic E-state index is -0.146. The standard InChI is InChI=1S/C24H41NO3/c1-3-4-5-6-7-8-9-10-11-12-13-14-15-16-19-28-24-20-22(27)17-18-23(24)25-21(2)26/h17-18,20,27H,3-16,19H2,1-2H3,(H,25,26). The number of hydrogen-bond donors (Lipinski definition) is 2. The maximum atomic E-state index is 11.2. The second kappa shape index (κ2) is 16.3. The van der Waals surface area contributed by atoms with E-state index in [1.165, 1.54) is 84.0 Å². The number of nitrogens with one attached hydrogen (secondary N) is 1. The Kier molecular flexibility index (Phi) is 14.1. The van der Waals surface area contributed by atoms with E-state index < -0.39 is 0 Å². The van der Waals surface area contributed by atoms with E-state index in [4.69, 9.17) is 4.74 Å². The summed E-state index contributed by atoms with van der Waals surface area (Å²) in [6, 6.07) is 4.76. The largest absolute Gasteiger partial charge is 0.508 e. The number of ether oxygens (including phenoxy) is 1. The highest BCUT2D eigenvalue weighted by molar-refractivity contribution is 5.90. The lowest BCUT2D eigenvalue weighted by atomic mass is 10.0. The Morgan fingerprint density at radius 2 is 1.36 bits per heavy atom. The summed E-state index contributed by atoms with van der Waals surface area (Å²) >= 11 is 0. The number of anilines is 1. The number of rotatable bonds is 17. The third-order valence-corrected chi connectivity index (χ3v) is 5.03. The Morgan fingerprint density at radius 3 is 1.86 bits per heavy atom. The van der Waals surface area contributed by atoms with E-state index >= 15 is 0 Å². The van der Waals surface area contributed by atoms with Crippen LogP contribution in [0.4, 0.5) is 5.69 Å². The average Bonchev–Trinajstić information content (AvgIpc) is 2.66. The fourth-order valence-corrected chi connectivity index (χ4v) is 3.40. The van der Waals surface area contributed by atoms with Gasteiger partial charge in [-0.1, -0.05) is 90.4 Å². The van der Waals surface area contributed by atoms with E-state index in [0.29, 0.717) is 18.0 Å². The Bertz CT molecular complexity index is 531. The average molecular weight is 392 g/mol. The van der Waals surface area contributed by atoms with Gasteiger partial charge in [-0.05, 0) is 18.6 Å². The molecule has 0 aliphatic rings. The van der Waals surface area contributed by atoms with Crippen molar-refractivity contribution in [2.75, 3.05) is 11.9 Å². The van der Waals surface area contributed by atoms with Gasteiger partial charge in [0.05, 0.1) is 12.3 Å². The molecule has 0 fully saturated rings. The number of hydrogen-bond acceptors (Lipinski definition) is 3. The van der Waals surface area contributed by atoms with E-state index in [9.17, 15) is 9.90 Å². The molecule has 0 radical (unpaired) electrons. The van der Waals surface area contributed by atoms with Crippen LogP contribution in [0.1, 0.15) is 104 Å². The molecule has 0 aliphatic heterocycles. The topological polar surface area (TPSA) is 58.6 Å². The molecular formula is C24H41NO3. The molecule has 0 spiro atoms. The highest BCUT2D eigenvalue weighted by Gasteiger charge is 2.06. The molecule has 4 nitrogen and oxygen atoms in total. The molecule has 0 bridgehead atoms. The molecule has 28 heavy (non-hydrogen) atoms. The van der Waals surface area contributed by atoms with E-state index in [0.717, 1.165) is 12.8 Å². The van der Waals surface area contributed by atoms with Crippen molar-refractivity contribution in [3.8, 4) is 11.5 Å². The van der Waals surface area contributed by atoms with E-state index in [2.05, 4.69) is 12.2 Å². The van der Waals surface area contributed by atoms with E-state index in [-0.39, 0.29) is 11.7 Å². The van der Waals surface area contributed by atoms with Gasteiger partial charge in [0.1, 0.15) is 11.5 Å². The van der Waals surface area contributed by atoms with Crippen LogP contribution in [0.3, 0.4) is 0 Å². The van der Waals surface area contributed by atoms with Crippen LogP contribution in [0, 0.1) is 0 Å². The molecule has 160 valence electrons. The van der Waals surface area contributed by atoms with Gasteiger partial charge < -0.3 is 15.2 Å². The highest BCUT2D eigenvalue weighted by atomic mass is 16.5. The van der Waals surface area contributed by atoms with Crippen LogP contribution >= 0.6 is 0 Å². The molecule has 1 rings (SSSR count). The monoisotopic (exact) mass is 391 g/mol. The van der Waals surface area contributed by atoms with Crippen molar-refractivity contribution in [3.05, 3.63) is 18.2 Å². The van der Waals surface area contributed by atoms with Crippen molar-refractivity contribution >= 4 is 11.6 Å². The first-order chi connectivity index (χ1) is 13.6. The zero-order chi connectivity index (χ0) is 20.5. The molecular weight excluding hydrogens is 350 g/mol. The summed E-state index contributed by atoms with van der Waals surface area (Å²) < 4.78 is 5.75. The summed E-state index contributed by atoms with van der Waals surface area (Å²) in [7, 11) is 0. The minimum Gasteiger partial charge on any atom is -0.508 e. The second-order valence-corrected chi connectivity index (χ2v) is 7.81. The first-order valence-corrected chi connectivity index (χ1v) is 11.4. The number of aromatic hydroxyl groups is 1. The summed E-state index contributed by atoms with van der Waals surface area (Å²) in [5, 5.41) is 12.3. The van der Waals surface area contributed by atoms with Gasteiger partial charge in [0.25, 0.3) is 0 Å². The first kappa shape index (κ1) is 24.3. The maximum Gasteiger partial charge on any atom is 0.221 e. The Balaban J connectivity index is 1.97. The van der Waals surface area contributed by atoms with E-state index in [1.54, 1.807) is 18.2 Å². The summed E-state index contributed by atoms with van der Waals surface area (Å²) in [6.45, 7) is 4.34. The molecule has 0 saturated heterocycles. The van der Waals surface area contributed by atoms with Crippen molar-refractivity contribution in [1.29, 1.82) is 0 Å². The lowest BCUT2D eigenvalue weighted by molar-refractivity contribution is -0.114. The SMILES string of the molecule is CCCCCCCCCCCCCCCCOc1cc(O)ccc1NC(C)=O. The molecule has 0 atom stereocenters. The fraction of sp³-hybridized carbons (Fsp3) is 0.708. The van der Waals surface area contributed by atoms with Crippen LogP contribution in [0.25, 0.3) is 0 Å². The van der Waals surface area contributed by atoms with Crippen molar-refractivity contribution in [2.45, 2.75) is 104 Å². The molecule has 0 saturated carbocycles. The zero-order valence-electron chi connectivity index (χ0n) is 18.1. The van der Waals surface area contributed by atoms with Crippen LogP contribution in [0.5, 0.6) is 11.5 Å². The number of unbranched alkanes of at least 4 members (excludes halogenated alkanes) is 13. The smallest absolute Gasteiger partial charge is 0.221 e. The molecule has 0 aliphatic carbocycles. The predicted molar refractivity (Wildman–Crippen MR) is 118 cm³/mol.